The third-order valence-corrected chi connectivity index (χ3v) is 2.20. The zero-order chi connectivity index (χ0) is 11.6. The minimum atomic E-state index is -1.25. The Hall–Kier alpha value is -1.75. The van der Waals surface area contributed by atoms with E-state index in [1.807, 2.05) is 0 Å². The van der Waals surface area contributed by atoms with Crippen molar-refractivity contribution < 1.29 is 19.7 Å². The van der Waals surface area contributed by atoms with E-state index in [0.717, 1.165) is 0 Å². The van der Waals surface area contributed by atoms with Crippen molar-refractivity contribution >= 4 is 5.97 Å². The number of aromatic hydroxyl groups is 1. The number of carboxylic acids is 1. The summed E-state index contributed by atoms with van der Waals surface area (Å²) in [7, 11) is 1.39. The third kappa shape index (κ3) is 2.02. The number of benzene rings is 1. The molecule has 0 saturated heterocycles. The number of rotatable bonds is 3. The minimum absolute atomic E-state index is 0.182. The van der Waals surface area contributed by atoms with Crippen molar-refractivity contribution in [3.63, 3.8) is 0 Å². The molecule has 0 fully saturated rings. The SMILES string of the molecule is COc1ccc(C)c([C@H](N)C(=O)O)c1O. The standard InChI is InChI=1S/C10H13NO4/c1-5-3-4-6(15-2)9(12)7(5)8(11)10(13)14/h3-4,8,12H,11H2,1-2H3,(H,13,14)/t8-/m0/s1. The van der Waals surface area contributed by atoms with E-state index >= 15 is 0 Å². The van der Waals surface area contributed by atoms with Crippen LogP contribution in [0.5, 0.6) is 11.5 Å². The Morgan fingerprint density at radius 1 is 1.53 bits per heavy atom. The number of carboxylic acid groups (broad SMARTS) is 1. The number of hydrogen-bond acceptors (Lipinski definition) is 4. The molecule has 0 aromatic heterocycles. The number of hydrogen-bond donors (Lipinski definition) is 3. The van der Waals surface area contributed by atoms with Crippen molar-refractivity contribution in [2.75, 3.05) is 7.11 Å². The van der Waals surface area contributed by atoms with Crippen LogP contribution in [0.4, 0.5) is 0 Å². The average molecular weight is 211 g/mol. The number of carbonyl (C=O) groups is 1. The van der Waals surface area contributed by atoms with E-state index in [9.17, 15) is 9.90 Å². The Morgan fingerprint density at radius 2 is 2.13 bits per heavy atom. The van der Waals surface area contributed by atoms with Gasteiger partial charge in [0.1, 0.15) is 6.04 Å². The highest BCUT2D eigenvalue weighted by Crippen LogP contribution is 2.35. The largest absolute Gasteiger partial charge is 0.504 e. The fourth-order valence-corrected chi connectivity index (χ4v) is 1.37. The summed E-state index contributed by atoms with van der Waals surface area (Å²) in [5.74, 6) is -1.19. The molecule has 4 N–H and O–H groups in total. The molecule has 5 heteroatoms. The van der Waals surface area contributed by atoms with Gasteiger partial charge in [0.05, 0.1) is 7.11 Å². The van der Waals surface area contributed by atoms with E-state index in [1.165, 1.54) is 7.11 Å². The van der Waals surface area contributed by atoms with Gasteiger partial charge >= 0.3 is 5.97 Å². The number of phenols is 1. The molecule has 0 aliphatic rings. The van der Waals surface area contributed by atoms with E-state index in [1.54, 1.807) is 19.1 Å². The summed E-state index contributed by atoms with van der Waals surface area (Å²) in [6.45, 7) is 1.68. The first kappa shape index (κ1) is 11.3. The van der Waals surface area contributed by atoms with Gasteiger partial charge in [-0.05, 0) is 18.6 Å². The monoisotopic (exact) mass is 211 g/mol. The molecule has 0 bridgehead atoms. The fourth-order valence-electron chi connectivity index (χ4n) is 1.37. The topological polar surface area (TPSA) is 92.8 Å². The molecule has 82 valence electrons. The summed E-state index contributed by atoms with van der Waals surface area (Å²) in [4.78, 5) is 10.7. The molecule has 1 aromatic carbocycles. The van der Waals surface area contributed by atoms with E-state index in [2.05, 4.69) is 0 Å². The lowest BCUT2D eigenvalue weighted by Gasteiger charge is -2.14. The van der Waals surface area contributed by atoms with Gasteiger partial charge in [0, 0.05) is 5.56 Å². The number of phenolic OH excluding ortho intramolecular Hbond substituents is 1. The molecular weight excluding hydrogens is 198 g/mol. The van der Waals surface area contributed by atoms with E-state index in [0.29, 0.717) is 5.56 Å². The molecule has 0 spiro atoms. The second kappa shape index (κ2) is 4.18. The molecule has 0 heterocycles. The summed E-state index contributed by atoms with van der Waals surface area (Å²) in [6, 6.07) is 1.96. The van der Waals surface area contributed by atoms with Gasteiger partial charge in [0.2, 0.25) is 0 Å². The Morgan fingerprint density at radius 3 is 2.60 bits per heavy atom. The zero-order valence-corrected chi connectivity index (χ0v) is 8.52. The van der Waals surface area contributed by atoms with Crippen molar-refractivity contribution in [3.05, 3.63) is 23.3 Å². The van der Waals surface area contributed by atoms with Gasteiger partial charge in [-0.25, -0.2) is 0 Å². The Bertz CT molecular complexity index is 389. The van der Waals surface area contributed by atoms with Gasteiger partial charge in [0.15, 0.2) is 11.5 Å². The highest BCUT2D eigenvalue weighted by Gasteiger charge is 2.22. The molecular formula is C10H13NO4. The van der Waals surface area contributed by atoms with Gasteiger partial charge in [-0.15, -0.1) is 0 Å². The smallest absolute Gasteiger partial charge is 0.325 e. The Balaban J connectivity index is 3.32. The first-order valence-corrected chi connectivity index (χ1v) is 4.34. The van der Waals surface area contributed by atoms with Crippen LogP contribution in [0, 0.1) is 6.92 Å². The predicted octanol–water partition coefficient (Wildman–Crippen LogP) is 0.794. The first-order chi connectivity index (χ1) is 6.99. The molecule has 15 heavy (non-hydrogen) atoms. The maximum atomic E-state index is 10.7. The quantitative estimate of drug-likeness (QED) is 0.687. The van der Waals surface area contributed by atoms with E-state index in [-0.39, 0.29) is 17.1 Å². The van der Waals surface area contributed by atoms with Crippen molar-refractivity contribution in [2.24, 2.45) is 5.73 Å². The van der Waals surface area contributed by atoms with Crippen LogP contribution < -0.4 is 10.5 Å². The van der Waals surface area contributed by atoms with Crippen LogP contribution in [0.2, 0.25) is 0 Å². The lowest BCUT2D eigenvalue weighted by Crippen LogP contribution is -2.21. The number of ether oxygens (including phenoxy) is 1. The molecule has 0 unspecified atom stereocenters. The summed E-state index contributed by atoms with van der Waals surface area (Å²) in [5.41, 5.74) is 6.24. The lowest BCUT2D eigenvalue weighted by molar-refractivity contribution is -0.138. The van der Waals surface area contributed by atoms with Crippen molar-refractivity contribution in [1.82, 2.24) is 0 Å². The molecule has 1 rings (SSSR count). The summed E-state index contributed by atoms with van der Waals surface area (Å²) in [6.07, 6.45) is 0. The van der Waals surface area contributed by atoms with Crippen molar-refractivity contribution in [3.8, 4) is 11.5 Å². The molecule has 0 radical (unpaired) electrons. The second-order valence-electron chi connectivity index (χ2n) is 3.16. The van der Waals surface area contributed by atoms with Gasteiger partial charge in [-0.2, -0.15) is 0 Å². The zero-order valence-electron chi connectivity index (χ0n) is 8.52. The van der Waals surface area contributed by atoms with Crippen molar-refractivity contribution in [2.45, 2.75) is 13.0 Å². The third-order valence-electron chi connectivity index (χ3n) is 2.20. The summed E-state index contributed by atoms with van der Waals surface area (Å²) in [5, 5.41) is 18.5. The van der Waals surface area contributed by atoms with Crippen LogP contribution in [0.3, 0.4) is 0 Å². The van der Waals surface area contributed by atoms with E-state index < -0.39 is 12.0 Å². The first-order valence-electron chi connectivity index (χ1n) is 4.34. The van der Waals surface area contributed by atoms with Crippen LogP contribution in [-0.4, -0.2) is 23.3 Å². The highest BCUT2D eigenvalue weighted by atomic mass is 16.5. The molecule has 1 aromatic rings. The lowest BCUT2D eigenvalue weighted by atomic mass is 10.0. The van der Waals surface area contributed by atoms with Gasteiger partial charge in [0.25, 0.3) is 0 Å². The minimum Gasteiger partial charge on any atom is -0.504 e. The molecule has 0 aliphatic heterocycles. The van der Waals surface area contributed by atoms with Crippen LogP contribution in [-0.2, 0) is 4.79 Å². The normalized spacial score (nSPS) is 12.2. The van der Waals surface area contributed by atoms with Crippen molar-refractivity contribution in [1.29, 1.82) is 0 Å². The van der Waals surface area contributed by atoms with Gasteiger partial charge in [-0.3, -0.25) is 4.79 Å². The van der Waals surface area contributed by atoms with Crippen LogP contribution >= 0.6 is 0 Å². The Labute approximate surface area is 87.1 Å². The summed E-state index contributed by atoms with van der Waals surface area (Å²) >= 11 is 0. The number of aryl methyl sites for hydroxylation is 1. The second-order valence-corrected chi connectivity index (χ2v) is 3.16. The maximum absolute atomic E-state index is 10.7. The fraction of sp³-hybridized carbons (Fsp3) is 0.300. The molecule has 1 atom stereocenters. The summed E-state index contributed by atoms with van der Waals surface area (Å²) < 4.78 is 4.87. The van der Waals surface area contributed by atoms with Crippen LogP contribution in [0.1, 0.15) is 17.2 Å². The number of nitrogens with two attached hydrogens (primary N) is 1. The highest BCUT2D eigenvalue weighted by molar-refractivity contribution is 5.77. The average Bonchev–Trinajstić information content (AvgIpc) is 2.17. The van der Waals surface area contributed by atoms with Crippen LogP contribution in [0.15, 0.2) is 12.1 Å². The van der Waals surface area contributed by atoms with E-state index in [4.69, 9.17) is 15.6 Å². The van der Waals surface area contributed by atoms with Gasteiger partial charge < -0.3 is 20.7 Å². The number of methoxy groups -OCH3 is 1. The molecule has 0 aliphatic carbocycles. The number of aliphatic carboxylic acids is 1. The molecule has 5 nitrogen and oxygen atoms in total. The van der Waals surface area contributed by atoms with Gasteiger partial charge in [-0.1, -0.05) is 6.07 Å². The molecule has 0 amide bonds. The van der Waals surface area contributed by atoms with Crippen LogP contribution in [0.25, 0.3) is 0 Å². The molecule has 0 saturated carbocycles. The Kier molecular flexibility index (Phi) is 3.16. The predicted molar refractivity (Wildman–Crippen MR) is 54.0 cm³/mol. The maximum Gasteiger partial charge on any atom is 0.325 e.